The van der Waals surface area contributed by atoms with E-state index in [2.05, 4.69) is 11.9 Å². The van der Waals surface area contributed by atoms with E-state index in [0.717, 1.165) is 23.1 Å². The quantitative estimate of drug-likeness (QED) is 0.426. The van der Waals surface area contributed by atoms with Gasteiger partial charge in [-0.15, -0.1) is 0 Å². The predicted molar refractivity (Wildman–Crippen MR) is 141 cm³/mol. The molecule has 1 saturated heterocycles. The van der Waals surface area contributed by atoms with Crippen molar-refractivity contribution in [3.8, 4) is 11.5 Å². The van der Waals surface area contributed by atoms with Crippen LogP contribution in [0.2, 0.25) is 0 Å². The van der Waals surface area contributed by atoms with Gasteiger partial charge in [-0.25, -0.2) is 8.42 Å². The molecule has 5 rings (SSSR count). The molecule has 0 atom stereocenters. The molecule has 0 radical (unpaired) electrons. The fourth-order valence-corrected chi connectivity index (χ4v) is 7.04. The van der Waals surface area contributed by atoms with Crippen molar-refractivity contribution in [2.75, 3.05) is 33.4 Å². The van der Waals surface area contributed by atoms with Crippen LogP contribution in [0.15, 0.2) is 46.3 Å². The van der Waals surface area contributed by atoms with E-state index < -0.39 is 15.9 Å². The molecule has 2 aliphatic rings. The van der Waals surface area contributed by atoms with Crippen molar-refractivity contribution in [3.63, 3.8) is 0 Å². The maximum atomic E-state index is 13.1. The Morgan fingerprint density at radius 2 is 1.74 bits per heavy atom. The minimum absolute atomic E-state index is 0.0972. The normalized spacial score (nSPS) is 17.1. The van der Waals surface area contributed by atoms with Crippen LogP contribution in [0, 0.1) is 5.92 Å². The minimum atomic E-state index is -3.62. The smallest absolute Gasteiger partial charge is 0.307 e. The molecule has 3 heterocycles. The number of piperidine rings is 1. The number of amides is 1. The van der Waals surface area contributed by atoms with E-state index in [1.807, 2.05) is 12.1 Å². The number of carbonyl (C=O) groups excluding carboxylic acids is 2. The van der Waals surface area contributed by atoms with Gasteiger partial charge in [0.15, 0.2) is 16.3 Å². The molecule has 0 saturated carbocycles. The molecular formula is C26H29N3O7S2. The Morgan fingerprint density at radius 1 is 1.08 bits per heavy atom. The topological polar surface area (TPSA) is 117 Å². The zero-order chi connectivity index (χ0) is 26.9. The summed E-state index contributed by atoms with van der Waals surface area (Å²) in [4.78, 5) is 29.9. The highest BCUT2D eigenvalue weighted by atomic mass is 32.2. The predicted octanol–water partition coefficient (Wildman–Crippen LogP) is 3.20. The molecular weight excluding hydrogens is 530 g/mol. The third kappa shape index (κ3) is 5.33. The average molecular weight is 560 g/mol. The maximum absolute atomic E-state index is 13.1. The fraction of sp³-hybridized carbons (Fsp3) is 0.423. The lowest BCUT2D eigenvalue weighted by molar-refractivity contribution is -0.140. The van der Waals surface area contributed by atoms with Crippen molar-refractivity contribution < 1.29 is 32.2 Å². The van der Waals surface area contributed by atoms with E-state index in [9.17, 15) is 18.0 Å². The lowest BCUT2D eigenvalue weighted by atomic mass is 10.0. The largest absolute Gasteiger partial charge is 0.486 e. The van der Waals surface area contributed by atoms with Crippen LogP contribution in [-0.2, 0) is 26.1 Å². The van der Waals surface area contributed by atoms with Gasteiger partial charge in [0.1, 0.15) is 13.2 Å². The number of benzene rings is 2. The molecule has 0 unspecified atom stereocenters. The second kappa shape index (κ2) is 10.9. The van der Waals surface area contributed by atoms with Crippen LogP contribution in [0.25, 0.3) is 10.2 Å². The molecule has 3 aromatic rings. The summed E-state index contributed by atoms with van der Waals surface area (Å²) >= 11 is 1.29. The van der Waals surface area contributed by atoms with Crippen molar-refractivity contribution in [2.45, 2.75) is 37.6 Å². The summed E-state index contributed by atoms with van der Waals surface area (Å²) < 4.78 is 46.3. The van der Waals surface area contributed by atoms with Crippen LogP contribution in [0.4, 0.5) is 0 Å². The van der Waals surface area contributed by atoms with Gasteiger partial charge in [-0.05, 0) is 43.0 Å². The Bertz CT molecular complexity index is 1530. The maximum Gasteiger partial charge on any atom is 0.307 e. The van der Waals surface area contributed by atoms with Gasteiger partial charge in [-0.2, -0.15) is 9.30 Å². The van der Waals surface area contributed by atoms with Gasteiger partial charge in [0, 0.05) is 37.3 Å². The zero-order valence-electron chi connectivity index (χ0n) is 21.2. The first-order chi connectivity index (χ1) is 18.3. The number of ether oxygens (including phenoxy) is 3. The lowest BCUT2D eigenvalue weighted by Crippen LogP contribution is -2.37. The number of aryl methyl sites for hydroxylation is 1. The second-order valence-corrected chi connectivity index (χ2v) is 12.3. The van der Waals surface area contributed by atoms with Crippen molar-refractivity contribution in [2.24, 2.45) is 10.9 Å². The van der Waals surface area contributed by atoms with Gasteiger partial charge in [0.2, 0.25) is 10.0 Å². The van der Waals surface area contributed by atoms with E-state index in [-0.39, 0.29) is 29.4 Å². The number of nitrogens with zero attached hydrogens (tertiary/aromatic N) is 3. The molecule has 2 aliphatic heterocycles. The van der Waals surface area contributed by atoms with Crippen LogP contribution >= 0.6 is 11.3 Å². The summed E-state index contributed by atoms with van der Waals surface area (Å²) in [6.45, 7) is 4.25. The average Bonchev–Trinajstić information content (AvgIpc) is 3.25. The highest BCUT2D eigenvalue weighted by Crippen LogP contribution is 2.35. The summed E-state index contributed by atoms with van der Waals surface area (Å²) in [6.07, 6.45) is 1.77. The van der Waals surface area contributed by atoms with Gasteiger partial charge in [0.25, 0.3) is 5.91 Å². The zero-order valence-corrected chi connectivity index (χ0v) is 22.8. The number of hydrogen-bond acceptors (Lipinski definition) is 8. The first-order valence-corrected chi connectivity index (χ1v) is 14.7. The molecule has 0 N–H and O–H groups in total. The number of aromatic nitrogens is 1. The van der Waals surface area contributed by atoms with E-state index in [0.29, 0.717) is 48.5 Å². The number of esters is 1. The van der Waals surface area contributed by atoms with Gasteiger partial charge in [-0.1, -0.05) is 18.3 Å². The SMILES string of the molecule is COC(=O)CCn1c(=NC(=O)c2ccc(S(=O)(=O)N3CCC(C)CC3)cc2)sc2cc3c(cc21)OCCO3. The number of fused-ring (bicyclic) bond motifs is 2. The molecule has 0 spiro atoms. The molecule has 1 fully saturated rings. The van der Waals surface area contributed by atoms with Gasteiger partial charge in [-0.3, -0.25) is 9.59 Å². The molecule has 202 valence electrons. The number of rotatable bonds is 6. The Balaban J connectivity index is 1.46. The van der Waals surface area contributed by atoms with Crippen LogP contribution in [0.1, 0.15) is 36.5 Å². The Kier molecular flexibility index (Phi) is 7.55. The van der Waals surface area contributed by atoms with Crippen molar-refractivity contribution in [1.29, 1.82) is 0 Å². The molecule has 1 aromatic heterocycles. The van der Waals surface area contributed by atoms with Gasteiger partial charge in [0.05, 0.1) is 28.6 Å². The number of sulfonamides is 1. The summed E-state index contributed by atoms with van der Waals surface area (Å²) in [7, 11) is -2.29. The van der Waals surface area contributed by atoms with Gasteiger partial charge >= 0.3 is 5.97 Å². The van der Waals surface area contributed by atoms with Crippen LogP contribution < -0.4 is 14.3 Å². The molecule has 10 nitrogen and oxygen atoms in total. The van der Waals surface area contributed by atoms with Crippen LogP contribution in [0.5, 0.6) is 11.5 Å². The Morgan fingerprint density at radius 3 is 2.39 bits per heavy atom. The third-order valence-electron chi connectivity index (χ3n) is 6.79. The summed E-state index contributed by atoms with van der Waals surface area (Å²) in [5, 5.41) is 0. The molecule has 0 aliphatic carbocycles. The molecule has 2 aromatic carbocycles. The monoisotopic (exact) mass is 559 g/mol. The van der Waals surface area contributed by atoms with E-state index in [4.69, 9.17) is 14.2 Å². The third-order valence-corrected chi connectivity index (χ3v) is 9.75. The number of hydrogen-bond donors (Lipinski definition) is 0. The van der Waals surface area contributed by atoms with Crippen molar-refractivity contribution in [1.82, 2.24) is 8.87 Å². The summed E-state index contributed by atoms with van der Waals surface area (Å²) in [5.74, 6) is 0.815. The van der Waals surface area contributed by atoms with E-state index in [1.54, 1.807) is 4.57 Å². The first kappa shape index (κ1) is 26.4. The van der Waals surface area contributed by atoms with E-state index in [1.165, 1.54) is 47.0 Å². The summed E-state index contributed by atoms with van der Waals surface area (Å²) in [5.41, 5.74) is 1.02. The molecule has 1 amide bonds. The first-order valence-electron chi connectivity index (χ1n) is 12.5. The van der Waals surface area contributed by atoms with Crippen molar-refractivity contribution >= 4 is 43.5 Å². The Hall–Kier alpha value is -3.22. The number of carbonyl (C=O) groups is 2. The van der Waals surface area contributed by atoms with Crippen molar-refractivity contribution in [3.05, 3.63) is 46.8 Å². The Labute approximate surface area is 224 Å². The fourth-order valence-electron chi connectivity index (χ4n) is 4.51. The minimum Gasteiger partial charge on any atom is -0.486 e. The van der Waals surface area contributed by atoms with Crippen LogP contribution in [-0.4, -0.2) is 62.6 Å². The highest BCUT2D eigenvalue weighted by molar-refractivity contribution is 7.89. The van der Waals surface area contributed by atoms with E-state index >= 15 is 0 Å². The molecule has 12 heteroatoms. The number of thiazole rings is 1. The lowest BCUT2D eigenvalue weighted by Gasteiger charge is -2.29. The number of methoxy groups -OCH3 is 1. The van der Waals surface area contributed by atoms with Gasteiger partial charge < -0.3 is 18.8 Å². The highest BCUT2D eigenvalue weighted by Gasteiger charge is 2.28. The molecule has 38 heavy (non-hydrogen) atoms. The van der Waals surface area contributed by atoms with Crippen LogP contribution in [0.3, 0.4) is 0 Å². The second-order valence-electron chi connectivity index (χ2n) is 9.35. The molecule has 0 bridgehead atoms. The standard InChI is InChI=1S/C26H29N3O7S2/c1-17-7-10-28(11-8-17)38(32,33)19-5-3-18(4-6-19)25(31)27-26-29(12-9-24(30)34-2)20-15-21-22(16-23(20)37-26)36-14-13-35-21/h3-6,15-17H,7-14H2,1-2H3. The summed E-state index contributed by atoms with van der Waals surface area (Å²) in [6, 6.07) is 9.54.